The third-order valence-electron chi connectivity index (χ3n) is 6.97. The van der Waals surface area contributed by atoms with Gasteiger partial charge < -0.3 is 14.5 Å². The Labute approximate surface area is 215 Å². The number of benzene rings is 2. The molecule has 0 radical (unpaired) electrons. The van der Waals surface area contributed by atoms with Gasteiger partial charge in [-0.25, -0.2) is 13.8 Å². The van der Waals surface area contributed by atoms with E-state index >= 15 is 0 Å². The highest BCUT2D eigenvalue weighted by Gasteiger charge is 2.33. The standard InChI is InChI=1S/C28H32F2N6O/c1-4-20-13-23(15-24(14-20)37-3)36(12-11-35-9-7-28(29,30)8-10-35)22-5-6-25-26(16-22)33-27(18-31-25)21-17-32-34(2)19-21/h5-6,13-19H,4,7-12H2,1-3H3. The van der Waals surface area contributed by atoms with Crippen LogP contribution in [0.4, 0.5) is 20.2 Å². The molecule has 1 saturated heterocycles. The van der Waals surface area contributed by atoms with Gasteiger partial charge in [0.05, 0.1) is 36.2 Å². The highest BCUT2D eigenvalue weighted by molar-refractivity contribution is 5.82. The van der Waals surface area contributed by atoms with Crippen molar-refractivity contribution in [2.24, 2.45) is 7.05 Å². The van der Waals surface area contributed by atoms with Crippen molar-refractivity contribution in [1.29, 1.82) is 0 Å². The van der Waals surface area contributed by atoms with E-state index in [0.717, 1.165) is 51.4 Å². The van der Waals surface area contributed by atoms with Crippen molar-refractivity contribution in [3.8, 4) is 17.0 Å². The van der Waals surface area contributed by atoms with Crippen molar-refractivity contribution in [1.82, 2.24) is 24.6 Å². The van der Waals surface area contributed by atoms with Gasteiger partial charge in [-0.1, -0.05) is 6.92 Å². The molecule has 1 fully saturated rings. The summed E-state index contributed by atoms with van der Waals surface area (Å²) >= 11 is 0. The lowest BCUT2D eigenvalue weighted by molar-refractivity contribution is -0.0544. The molecular weight excluding hydrogens is 474 g/mol. The monoisotopic (exact) mass is 506 g/mol. The maximum Gasteiger partial charge on any atom is 0.250 e. The summed E-state index contributed by atoms with van der Waals surface area (Å²) in [6, 6.07) is 12.3. The Morgan fingerprint density at radius 3 is 2.54 bits per heavy atom. The minimum Gasteiger partial charge on any atom is -0.497 e. The average molecular weight is 507 g/mol. The van der Waals surface area contributed by atoms with Crippen LogP contribution < -0.4 is 9.64 Å². The zero-order valence-electron chi connectivity index (χ0n) is 21.5. The minimum absolute atomic E-state index is 0.0885. The zero-order chi connectivity index (χ0) is 26.0. The van der Waals surface area contributed by atoms with Gasteiger partial charge >= 0.3 is 0 Å². The molecule has 0 amide bonds. The number of rotatable bonds is 8. The van der Waals surface area contributed by atoms with E-state index in [-0.39, 0.29) is 12.8 Å². The molecule has 4 aromatic rings. The maximum atomic E-state index is 13.7. The van der Waals surface area contributed by atoms with Crippen molar-refractivity contribution in [2.75, 3.05) is 38.2 Å². The van der Waals surface area contributed by atoms with E-state index in [0.29, 0.717) is 26.2 Å². The van der Waals surface area contributed by atoms with Gasteiger partial charge in [0, 0.05) is 75.3 Å². The Morgan fingerprint density at radius 1 is 1.03 bits per heavy atom. The fourth-order valence-corrected chi connectivity index (χ4v) is 4.73. The van der Waals surface area contributed by atoms with Crippen molar-refractivity contribution < 1.29 is 13.5 Å². The molecule has 0 spiro atoms. The van der Waals surface area contributed by atoms with Gasteiger partial charge in [0.1, 0.15) is 5.75 Å². The van der Waals surface area contributed by atoms with E-state index in [2.05, 4.69) is 32.9 Å². The van der Waals surface area contributed by atoms with Crippen LogP contribution in [-0.2, 0) is 13.5 Å². The minimum atomic E-state index is -2.55. The van der Waals surface area contributed by atoms with Crippen molar-refractivity contribution in [2.45, 2.75) is 32.1 Å². The molecular formula is C28H32F2N6O. The van der Waals surface area contributed by atoms with Crippen LogP contribution in [0.3, 0.4) is 0 Å². The van der Waals surface area contributed by atoms with Gasteiger partial charge in [-0.05, 0) is 42.3 Å². The summed E-state index contributed by atoms with van der Waals surface area (Å²) in [5.41, 5.74) is 6.36. The van der Waals surface area contributed by atoms with Crippen molar-refractivity contribution in [3.63, 3.8) is 0 Å². The number of methoxy groups -OCH3 is 1. The third-order valence-corrected chi connectivity index (χ3v) is 6.97. The summed E-state index contributed by atoms with van der Waals surface area (Å²) < 4.78 is 34.7. The van der Waals surface area contributed by atoms with E-state index < -0.39 is 5.92 Å². The SMILES string of the molecule is CCc1cc(OC)cc(N(CCN2CCC(F)(F)CC2)c2ccc3ncc(-c4cnn(C)c4)nc3c2)c1. The number of aromatic nitrogens is 4. The maximum absolute atomic E-state index is 13.7. The number of anilines is 2. The number of halogens is 2. The summed E-state index contributed by atoms with van der Waals surface area (Å²) in [6.07, 6.45) is 6.15. The lowest BCUT2D eigenvalue weighted by Gasteiger charge is -2.34. The summed E-state index contributed by atoms with van der Waals surface area (Å²) in [5.74, 6) is -1.77. The average Bonchev–Trinajstić information content (AvgIpc) is 3.35. The molecule has 1 aliphatic heterocycles. The lowest BCUT2D eigenvalue weighted by Crippen LogP contribution is -2.42. The zero-order valence-corrected chi connectivity index (χ0v) is 21.5. The predicted molar refractivity (Wildman–Crippen MR) is 142 cm³/mol. The molecule has 0 bridgehead atoms. The molecule has 3 heterocycles. The lowest BCUT2D eigenvalue weighted by atomic mass is 10.1. The van der Waals surface area contributed by atoms with Crippen LogP contribution in [0.5, 0.6) is 5.75 Å². The number of hydrogen-bond acceptors (Lipinski definition) is 6. The van der Waals surface area contributed by atoms with Crippen LogP contribution in [0, 0.1) is 0 Å². The third kappa shape index (κ3) is 5.72. The molecule has 5 rings (SSSR count). The second-order valence-corrected chi connectivity index (χ2v) is 9.57. The van der Waals surface area contributed by atoms with Gasteiger partial charge in [-0.3, -0.25) is 9.67 Å². The first-order valence-corrected chi connectivity index (χ1v) is 12.6. The van der Waals surface area contributed by atoms with Crippen LogP contribution in [-0.4, -0.2) is 63.9 Å². The molecule has 0 saturated carbocycles. The fraction of sp³-hybridized carbons (Fsp3) is 0.393. The molecule has 1 aliphatic rings. The molecule has 194 valence electrons. The number of piperidine rings is 1. The second-order valence-electron chi connectivity index (χ2n) is 9.57. The van der Waals surface area contributed by atoms with Crippen LogP contribution in [0.1, 0.15) is 25.3 Å². The Hall–Kier alpha value is -3.59. The van der Waals surface area contributed by atoms with E-state index in [1.54, 1.807) is 24.2 Å². The number of likely N-dealkylation sites (tertiary alicyclic amines) is 1. The van der Waals surface area contributed by atoms with Gasteiger partial charge in [0.2, 0.25) is 0 Å². The van der Waals surface area contributed by atoms with Crippen LogP contribution in [0.15, 0.2) is 55.0 Å². The summed E-state index contributed by atoms with van der Waals surface area (Å²) in [7, 11) is 3.54. The highest BCUT2D eigenvalue weighted by atomic mass is 19.3. The first kappa shape index (κ1) is 25.1. The normalized spacial score (nSPS) is 15.7. The van der Waals surface area contributed by atoms with E-state index in [4.69, 9.17) is 9.72 Å². The fourth-order valence-electron chi connectivity index (χ4n) is 4.73. The molecule has 2 aromatic heterocycles. The number of hydrogen-bond donors (Lipinski definition) is 0. The number of alkyl halides is 2. The topological polar surface area (TPSA) is 59.3 Å². The van der Waals surface area contributed by atoms with E-state index in [1.807, 2.05) is 43.6 Å². The van der Waals surface area contributed by atoms with E-state index in [1.165, 1.54) is 0 Å². The Balaban J connectivity index is 1.50. The van der Waals surface area contributed by atoms with Crippen LogP contribution in [0.25, 0.3) is 22.3 Å². The second kappa shape index (κ2) is 10.4. The molecule has 7 nitrogen and oxygen atoms in total. The molecule has 37 heavy (non-hydrogen) atoms. The van der Waals surface area contributed by atoms with Crippen LogP contribution >= 0.6 is 0 Å². The van der Waals surface area contributed by atoms with Gasteiger partial charge in [-0.15, -0.1) is 0 Å². The molecule has 0 N–H and O–H groups in total. The van der Waals surface area contributed by atoms with Gasteiger partial charge in [0.15, 0.2) is 0 Å². The molecule has 0 atom stereocenters. The summed E-state index contributed by atoms with van der Waals surface area (Å²) in [6.45, 7) is 4.23. The Bertz CT molecular complexity index is 1360. The summed E-state index contributed by atoms with van der Waals surface area (Å²) in [5, 5.41) is 4.25. The quantitative estimate of drug-likeness (QED) is 0.316. The first-order chi connectivity index (χ1) is 17.8. The predicted octanol–water partition coefficient (Wildman–Crippen LogP) is 5.47. The number of ether oxygens (including phenoxy) is 1. The largest absolute Gasteiger partial charge is 0.497 e. The molecule has 9 heteroatoms. The number of aryl methyl sites for hydroxylation is 2. The Morgan fingerprint density at radius 2 is 1.84 bits per heavy atom. The molecule has 0 unspecified atom stereocenters. The van der Waals surface area contributed by atoms with Gasteiger partial charge in [0.25, 0.3) is 5.92 Å². The van der Waals surface area contributed by atoms with E-state index in [9.17, 15) is 8.78 Å². The van der Waals surface area contributed by atoms with Crippen molar-refractivity contribution >= 4 is 22.4 Å². The Kier molecular flexibility index (Phi) is 7.06. The molecule has 2 aromatic carbocycles. The smallest absolute Gasteiger partial charge is 0.250 e. The van der Waals surface area contributed by atoms with Crippen LogP contribution in [0.2, 0.25) is 0 Å². The first-order valence-electron chi connectivity index (χ1n) is 12.6. The van der Waals surface area contributed by atoms with Gasteiger partial charge in [-0.2, -0.15) is 5.10 Å². The van der Waals surface area contributed by atoms with Crippen molar-refractivity contribution in [3.05, 3.63) is 60.6 Å². The highest BCUT2D eigenvalue weighted by Crippen LogP contribution is 2.33. The summed E-state index contributed by atoms with van der Waals surface area (Å²) in [4.78, 5) is 13.8. The number of fused-ring (bicyclic) bond motifs is 1. The number of nitrogens with zero attached hydrogens (tertiary/aromatic N) is 6. The molecule has 0 aliphatic carbocycles.